The quantitative estimate of drug-likeness (QED) is 0.280. The minimum Gasteiger partial charge on any atom is -0.399 e. The van der Waals surface area contributed by atoms with Crippen molar-refractivity contribution in [1.29, 1.82) is 0 Å². The zero-order valence-corrected chi connectivity index (χ0v) is 8.57. The van der Waals surface area contributed by atoms with Gasteiger partial charge in [0.25, 0.3) is 0 Å². The third kappa shape index (κ3) is 3.46. The lowest BCUT2D eigenvalue weighted by Gasteiger charge is -2.18. The Morgan fingerprint density at radius 2 is 1.53 bits per heavy atom. The largest absolute Gasteiger partial charge is 0.399 e. The Bertz CT molecular complexity index is 434. The van der Waals surface area contributed by atoms with Crippen LogP contribution in [0.2, 0.25) is 0 Å². The van der Waals surface area contributed by atoms with Gasteiger partial charge in [-0.15, -0.1) is 0 Å². The number of hydrogen-bond donors (Lipinski definition) is 4. The van der Waals surface area contributed by atoms with Gasteiger partial charge in [-0.1, -0.05) is 0 Å². The second-order valence-corrected chi connectivity index (χ2v) is 4.51. The van der Waals surface area contributed by atoms with Gasteiger partial charge in [0.2, 0.25) is 5.97 Å². The molecule has 8 N–H and O–H groups in total. The van der Waals surface area contributed by atoms with Crippen molar-refractivity contribution in [3.05, 3.63) is 24.3 Å². The Balaban J connectivity index is 3.02. The highest BCUT2D eigenvalue weighted by atomic mass is 32.2. The van der Waals surface area contributed by atoms with Crippen LogP contribution in [0.5, 0.6) is 0 Å². The summed E-state index contributed by atoms with van der Waals surface area (Å²) in [5.74, 6) is -2.24. The number of anilines is 1. The summed E-state index contributed by atoms with van der Waals surface area (Å²) >= 11 is 0. The van der Waals surface area contributed by atoms with E-state index in [2.05, 4.69) is 4.18 Å². The molecule has 0 atom stereocenters. The summed E-state index contributed by atoms with van der Waals surface area (Å²) in [4.78, 5) is -0.123. The van der Waals surface area contributed by atoms with Gasteiger partial charge in [0.15, 0.2) is 0 Å². The van der Waals surface area contributed by atoms with Gasteiger partial charge >= 0.3 is 10.1 Å². The molecular formula is C7H12N4O3S. The van der Waals surface area contributed by atoms with E-state index in [0.717, 1.165) is 0 Å². The summed E-state index contributed by atoms with van der Waals surface area (Å²) in [5.41, 5.74) is 20.9. The first-order valence-corrected chi connectivity index (χ1v) is 5.29. The normalized spacial score (nSPS) is 12.7. The molecule has 0 aliphatic carbocycles. The summed E-state index contributed by atoms with van der Waals surface area (Å²) in [7, 11) is -4.07. The van der Waals surface area contributed by atoms with E-state index < -0.39 is 16.1 Å². The molecule has 0 amide bonds. The zero-order chi connectivity index (χ0) is 11.7. The Morgan fingerprint density at radius 3 is 1.93 bits per heavy atom. The molecule has 0 aliphatic rings. The fourth-order valence-electron chi connectivity index (χ4n) is 0.873. The van der Waals surface area contributed by atoms with Gasteiger partial charge in [0.1, 0.15) is 0 Å². The SMILES string of the molecule is Nc1ccc(S(=O)(=O)OC(N)(N)N)cc1. The lowest BCUT2D eigenvalue weighted by atomic mass is 10.3. The van der Waals surface area contributed by atoms with Crippen LogP contribution < -0.4 is 22.9 Å². The van der Waals surface area contributed by atoms with Crippen LogP contribution in [0.15, 0.2) is 29.2 Å². The summed E-state index contributed by atoms with van der Waals surface area (Å²) in [6, 6.07) is 5.33. The van der Waals surface area contributed by atoms with E-state index in [9.17, 15) is 8.42 Å². The van der Waals surface area contributed by atoms with Crippen molar-refractivity contribution in [2.45, 2.75) is 10.9 Å². The second kappa shape index (κ2) is 3.76. The second-order valence-electron chi connectivity index (χ2n) is 2.96. The van der Waals surface area contributed by atoms with Crippen LogP contribution in [0, 0.1) is 0 Å². The van der Waals surface area contributed by atoms with Crippen LogP contribution >= 0.6 is 0 Å². The van der Waals surface area contributed by atoms with Gasteiger partial charge < -0.3 is 5.73 Å². The third-order valence-corrected chi connectivity index (χ3v) is 2.78. The highest BCUT2D eigenvalue weighted by Crippen LogP contribution is 2.15. The monoisotopic (exact) mass is 232 g/mol. The summed E-state index contributed by atoms with van der Waals surface area (Å²) < 4.78 is 27.2. The van der Waals surface area contributed by atoms with E-state index in [1.54, 1.807) is 0 Å². The predicted octanol–water partition coefficient (Wildman–Crippen LogP) is -1.54. The van der Waals surface area contributed by atoms with Crippen molar-refractivity contribution in [3.63, 3.8) is 0 Å². The lowest BCUT2D eigenvalue weighted by molar-refractivity contribution is 0.0986. The first-order valence-electron chi connectivity index (χ1n) is 3.88. The fraction of sp³-hybridized carbons (Fsp3) is 0.143. The lowest BCUT2D eigenvalue weighted by Crippen LogP contribution is -2.60. The average Bonchev–Trinajstić information content (AvgIpc) is 2.00. The number of nitrogens with two attached hydrogens (primary N) is 4. The van der Waals surface area contributed by atoms with Crippen molar-refractivity contribution in [1.82, 2.24) is 0 Å². The molecule has 1 rings (SSSR count). The Kier molecular flexibility index (Phi) is 2.98. The van der Waals surface area contributed by atoms with E-state index in [4.69, 9.17) is 22.9 Å². The Labute approximate surface area is 87.1 Å². The molecule has 0 saturated heterocycles. The van der Waals surface area contributed by atoms with Crippen LogP contribution in [0.1, 0.15) is 0 Å². The van der Waals surface area contributed by atoms with Crippen molar-refractivity contribution >= 4 is 15.8 Å². The molecule has 1 aromatic rings. The molecule has 15 heavy (non-hydrogen) atoms. The Hall–Kier alpha value is -1.19. The molecule has 8 heteroatoms. The van der Waals surface area contributed by atoms with Gasteiger partial charge in [-0.05, 0) is 24.3 Å². The van der Waals surface area contributed by atoms with Gasteiger partial charge in [-0.3, -0.25) is 17.2 Å². The van der Waals surface area contributed by atoms with Crippen LogP contribution in [-0.4, -0.2) is 14.4 Å². The van der Waals surface area contributed by atoms with E-state index >= 15 is 0 Å². The minimum absolute atomic E-state index is 0.123. The molecule has 0 unspecified atom stereocenters. The van der Waals surface area contributed by atoms with Crippen molar-refractivity contribution in [3.8, 4) is 0 Å². The molecule has 0 aliphatic heterocycles. The smallest absolute Gasteiger partial charge is 0.300 e. The maximum atomic E-state index is 11.5. The maximum absolute atomic E-state index is 11.5. The minimum atomic E-state index is -4.07. The zero-order valence-electron chi connectivity index (χ0n) is 7.75. The molecular weight excluding hydrogens is 220 g/mol. The molecule has 1 aromatic carbocycles. The number of nitrogen functional groups attached to an aromatic ring is 1. The average molecular weight is 232 g/mol. The summed E-state index contributed by atoms with van der Waals surface area (Å²) in [6.07, 6.45) is 0. The molecule has 7 nitrogen and oxygen atoms in total. The molecule has 0 heterocycles. The molecule has 0 bridgehead atoms. The van der Waals surface area contributed by atoms with E-state index in [0.29, 0.717) is 5.69 Å². The van der Waals surface area contributed by atoms with Crippen LogP contribution in [-0.2, 0) is 14.3 Å². The first kappa shape index (κ1) is 11.9. The molecule has 0 saturated carbocycles. The van der Waals surface area contributed by atoms with Crippen LogP contribution in [0.4, 0.5) is 5.69 Å². The van der Waals surface area contributed by atoms with Gasteiger partial charge in [0, 0.05) is 5.69 Å². The number of rotatable bonds is 3. The summed E-state index contributed by atoms with van der Waals surface area (Å²) in [5, 5.41) is 0. The molecule has 0 spiro atoms. The fourth-order valence-corrected chi connectivity index (χ4v) is 1.82. The first-order chi connectivity index (χ1) is 6.71. The number of hydrogen-bond acceptors (Lipinski definition) is 7. The van der Waals surface area contributed by atoms with Crippen molar-refractivity contribution in [2.24, 2.45) is 17.2 Å². The molecule has 0 radical (unpaired) electrons. The van der Waals surface area contributed by atoms with Crippen LogP contribution in [0.25, 0.3) is 0 Å². The highest BCUT2D eigenvalue weighted by Gasteiger charge is 2.25. The molecule has 84 valence electrons. The standard InChI is InChI=1S/C7H12N4O3S/c8-5-1-3-6(4-2-5)15(12,13)14-7(9,10)11/h1-4H,8-11H2. The van der Waals surface area contributed by atoms with E-state index in [1.165, 1.54) is 24.3 Å². The maximum Gasteiger partial charge on any atom is 0.300 e. The van der Waals surface area contributed by atoms with Crippen molar-refractivity contribution in [2.75, 3.05) is 5.73 Å². The van der Waals surface area contributed by atoms with Gasteiger partial charge in [0.05, 0.1) is 4.90 Å². The number of benzene rings is 1. The Morgan fingerprint density at radius 1 is 1.07 bits per heavy atom. The van der Waals surface area contributed by atoms with E-state index in [-0.39, 0.29) is 4.90 Å². The topological polar surface area (TPSA) is 147 Å². The summed E-state index contributed by atoms with van der Waals surface area (Å²) in [6.45, 7) is 0. The van der Waals surface area contributed by atoms with Crippen LogP contribution in [0.3, 0.4) is 0 Å². The van der Waals surface area contributed by atoms with Gasteiger partial charge in [-0.2, -0.15) is 8.42 Å². The highest BCUT2D eigenvalue weighted by molar-refractivity contribution is 7.86. The van der Waals surface area contributed by atoms with E-state index in [1.807, 2.05) is 0 Å². The predicted molar refractivity (Wildman–Crippen MR) is 54.4 cm³/mol. The van der Waals surface area contributed by atoms with Crippen molar-refractivity contribution < 1.29 is 12.6 Å². The molecule has 0 aromatic heterocycles. The van der Waals surface area contributed by atoms with Gasteiger partial charge in [-0.25, -0.2) is 4.18 Å². The third-order valence-electron chi connectivity index (χ3n) is 1.42. The molecule has 0 fully saturated rings.